The second kappa shape index (κ2) is 10.6. The Morgan fingerprint density at radius 3 is 2.63 bits per heavy atom. The van der Waals surface area contributed by atoms with Gasteiger partial charge in [-0.3, -0.25) is 0 Å². The van der Waals surface area contributed by atoms with Gasteiger partial charge in [0.1, 0.15) is 0 Å². The van der Waals surface area contributed by atoms with Crippen molar-refractivity contribution >= 4 is 28.2 Å². The third-order valence-electron chi connectivity index (χ3n) is 5.23. The Labute approximate surface area is 169 Å². The second-order valence-electron chi connectivity index (χ2n) is 7.42. The van der Waals surface area contributed by atoms with E-state index in [1.54, 1.807) is 0 Å². The van der Waals surface area contributed by atoms with E-state index in [1.165, 1.54) is 47.9 Å². The molecule has 3 heteroatoms. The lowest BCUT2D eigenvalue weighted by Crippen LogP contribution is -2.01. The monoisotopic (exact) mass is 386 g/mol. The summed E-state index contributed by atoms with van der Waals surface area (Å²) in [5, 5.41) is 1.87. The van der Waals surface area contributed by atoms with Crippen molar-refractivity contribution in [1.82, 2.24) is 4.98 Å². The molecule has 1 atom stereocenters. The molecule has 1 aromatic carbocycles. The molecule has 0 aliphatic rings. The number of benzene rings is 1. The lowest BCUT2D eigenvalue weighted by molar-refractivity contribution is 0.710. The average molecular weight is 387 g/mol. The first kappa shape index (κ1) is 21.6. The quantitative estimate of drug-likeness (QED) is 0.243. The van der Waals surface area contributed by atoms with Crippen molar-refractivity contribution in [3.63, 3.8) is 0 Å². The van der Waals surface area contributed by atoms with Crippen LogP contribution in [0.2, 0.25) is 5.02 Å². The largest absolute Gasteiger partial charge is 0.397 e. The summed E-state index contributed by atoms with van der Waals surface area (Å²) in [5.41, 5.74) is 11.9. The number of allylic oxidation sites excluding steroid dienone is 4. The highest BCUT2D eigenvalue weighted by atomic mass is 35.5. The number of unbranched alkanes of at least 4 members (excludes halogenated alkanes) is 3. The van der Waals surface area contributed by atoms with Crippen LogP contribution in [0.5, 0.6) is 0 Å². The van der Waals surface area contributed by atoms with E-state index in [0.717, 1.165) is 24.8 Å². The highest BCUT2D eigenvalue weighted by Gasteiger charge is 2.19. The van der Waals surface area contributed by atoms with Crippen molar-refractivity contribution in [3.8, 4) is 0 Å². The molecule has 1 heterocycles. The Morgan fingerprint density at radius 2 is 1.96 bits per heavy atom. The van der Waals surface area contributed by atoms with E-state index in [0.29, 0.717) is 16.6 Å². The Bertz CT molecular complexity index is 798. The van der Waals surface area contributed by atoms with Gasteiger partial charge in [-0.05, 0) is 49.0 Å². The molecule has 148 valence electrons. The molecule has 27 heavy (non-hydrogen) atoms. The summed E-state index contributed by atoms with van der Waals surface area (Å²) >= 11 is 6.35. The first-order valence-corrected chi connectivity index (χ1v) is 10.9. The van der Waals surface area contributed by atoms with Crippen LogP contribution in [0.3, 0.4) is 0 Å². The maximum Gasteiger partial charge on any atom is 0.0643 e. The Balaban J connectivity index is 2.52. The molecule has 0 radical (unpaired) electrons. The number of aromatic nitrogens is 1. The molecule has 0 fully saturated rings. The number of nitrogens with two attached hydrogens (primary N) is 1. The highest BCUT2D eigenvalue weighted by Crippen LogP contribution is 2.36. The van der Waals surface area contributed by atoms with Crippen LogP contribution < -0.4 is 5.73 Å². The van der Waals surface area contributed by atoms with Crippen LogP contribution in [-0.2, 0) is 6.42 Å². The van der Waals surface area contributed by atoms with Gasteiger partial charge < -0.3 is 10.7 Å². The zero-order valence-electron chi connectivity index (χ0n) is 17.4. The van der Waals surface area contributed by atoms with Gasteiger partial charge in [-0.2, -0.15) is 0 Å². The molecule has 0 amide bonds. The number of fused-ring (bicyclic) bond motifs is 1. The topological polar surface area (TPSA) is 41.8 Å². The van der Waals surface area contributed by atoms with Gasteiger partial charge in [0.05, 0.1) is 10.7 Å². The lowest BCUT2D eigenvalue weighted by atomic mass is 9.90. The third kappa shape index (κ3) is 5.42. The molecule has 2 aromatic rings. The van der Waals surface area contributed by atoms with Gasteiger partial charge in [-0.25, -0.2) is 0 Å². The normalized spacial score (nSPS) is 13.7. The molecule has 1 aromatic heterocycles. The molecule has 1 unspecified atom stereocenters. The fourth-order valence-corrected chi connectivity index (χ4v) is 3.78. The van der Waals surface area contributed by atoms with E-state index >= 15 is 0 Å². The maximum absolute atomic E-state index is 6.35. The van der Waals surface area contributed by atoms with E-state index in [-0.39, 0.29) is 0 Å². The van der Waals surface area contributed by atoms with E-state index in [1.807, 2.05) is 12.1 Å². The van der Waals surface area contributed by atoms with Crippen LogP contribution in [0.4, 0.5) is 5.69 Å². The second-order valence-corrected chi connectivity index (χ2v) is 7.83. The Kier molecular flexibility index (Phi) is 8.50. The number of hydrogen-bond acceptors (Lipinski definition) is 1. The molecule has 0 aliphatic carbocycles. The third-order valence-corrected chi connectivity index (χ3v) is 5.56. The zero-order chi connectivity index (χ0) is 19.8. The number of nitrogen functional groups attached to an aromatic ring is 1. The van der Waals surface area contributed by atoms with Crippen LogP contribution in [0.25, 0.3) is 10.9 Å². The number of halogens is 1. The van der Waals surface area contributed by atoms with Crippen LogP contribution in [0.1, 0.15) is 83.4 Å². The fourth-order valence-electron chi connectivity index (χ4n) is 3.62. The minimum Gasteiger partial charge on any atom is -0.397 e. The van der Waals surface area contributed by atoms with Crippen molar-refractivity contribution in [1.29, 1.82) is 0 Å². The predicted octanol–water partition coefficient (Wildman–Crippen LogP) is 7.93. The van der Waals surface area contributed by atoms with Crippen molar-refractivity contribution < 1.29 is 0 Å². The molecule has 0 spiro atoms. The molecule has 0 bridgehead atoms. The number of rotatable bonds is 10. The first-order chi connectivity index (χ1) is 13.0. The van der Waals surface area contributed by atoms with Crippen LogP contribution in [0, 0.1) is 0 Å². The SMILES string of the molecule is CC/C=C\C(=C/CCC)C(C)c1[nH]c2cc(N)c(Cl)cc2c1CCCCC. The molecule has 2 rings (SSSR count). The molecule has 2 nitrogen and oxygen atoms in total. The maximum atomic E-state index is 6.35. The van der Waals surface area contributed by atoms with Crippen molar-refractivity contribution in [2.45, 2.75) is 78.6 Å². The minimum atomic E-state index is 0.323. The van der Waals surface area contributed by atoms with Crippen LogP contribution >= 0.6 is 11.6 Å². The molecular weight excluding hydrogens is 352 g/mol. The number of H-pyrrole nitrogens is 1. The number of anilines is 1. The highest BCUT2D eigenvalue weighted by molar-refractivity contribution is 6.34. The number of aromatic amines is 1. The molecule has 0 aliphatic heterocycles. The van der Waals surface area contributed by atoms with Gasteiger partial charge in [0.25, 0.3) is 0 Å². The van der Waals surface area contributed by atoms with Gasteiger partial charge in [-0.15, -0.1) is 0 Å². The zero-order valence-corrected chi connectivity index (χ0v) is 18.1. The molecular formula is C24H35ClN2. The van der Waals surface area contributed by atoms with Gasteiger partial charge in [0, 0.05) is 22.5 Å². The summed E-state index contributed by atoms with van der Waals surface area (Å²) in [6, 6.07) is 4.02. The van der Waals surface area contributed by atoms with Crippen LogP contribution in [0.15, 0.2) is 35.9 Å². The number of hydrogen-bond donors (Lipinski definition) is 2. The first-order valence-electron chi connectivity index (χ1n) is 10.5. The molecule has 3 N–H and O–H groups in total. The van der Waals surface area contributed by atoms with Gasteiger partial charge in [-0.1, -0.05) is 76.8 Å². The summed E-state index contributed by atoms with van der Waals surface area (Å²) in [6.45, 7) is 8.96. The van der Waals surface area contributed by atoms with Gasteiger partial charge in [0.2, 0.25) is 0 Å². The predicted molar refractivity (Wildman–Crippen MR) is 122 cm³/mol. The van der Waals surface area contributed by atoms with E-state index in [4.69, 9.17) is 17.3 Å². The number of aryl methyl sites for hydroxylation is 1. The van der Waals surface area contributed by atoms with Gasteiger partial charge >= 0.3 is 0 Å². The van der Waals surface area contributed by atoms with E-state index in [9.17, 15) is 0 Å². The van der Waals surface area contributed by atoms with Crippen molar-refractivity contribution in [3.05, 3.63) is 52.2 Å². The summed E-state index contributed by atoms with van der Waals surface area (Å²) in [6.07, 6.45) is 15.0. The van der Waals surface area contributed by atoms with Crippen molar-refractivity contribution in [2.75, 3.05) is 5.73 Å². The standard InChI is InChI=1S/C24H35ClN2/c1-5-8-11-14-19-20-15-21(25)22(26)16-23(20)27-24(19)17(4)18(12-9-6-2)13-10-7-3/h9,12-13,15-17,27H,5-8,10-11,14,26H2,1-4H3/b12-9-,18-13+. The van der Waals surface area contributed by atoms with Crippen LogP contribution in [-0.4, -0.2) is 4.98 Å². The molecule has 0 saturated carbocycles. The molecule has 0 saturated heterocycles. The summed E-state index contributed by atoms with van der Waals surface area (Å²) < 4.78 is 0. The van der Waals surface area contributed by atoms with E-state index < -0.39 is 0 Å². The van der Waals surface area contributed by atoms with E-state index in [2.05, 4.69) is 50.9 Å². The summed E-state index contributed by atoms with van der Waals surface area (Å²) in [7, 11) is 0. The van der Waals surface area contributed by atoms with Crippen molar-refractivity contribution in [2.24, 2.45) is 0 Å². The fraction of sp³-hybridized carbons (Fsp3) is 0.500. The number of nitrogens with one attached hydrogen (secondary N) is 1. The summed E-state index contributed by atoms with van der Waals surface area (Å²) in [5.74, 6) is 0.323. The Hall–Kier alpha value is -1.67. The average Bonchev–Trinajstić information content (AvgIpc) is 2.99. The minimum absolute atomic E-state index is 0.323. The van der Waals surface area contributed by atoms with Gasteiger partial charge in [0.15, 0.2) is 0 Å². The smallest absolute Gasteiger partial charge is 0.0643 e. The lowest BCUT2D eigenvalue weighted by Gasteiger charge is -2.15. The Morgan fingerprint density at radius 1 is 1.19 bits per heavy atom. The summed E-state index contributed by atoms with van der Waals surface area (Å²) in [4.78, 5) is 3.68.